The van der Waals surface area contributed by atoms with Crippen LogP contribution in [0.25, 0.3) is 5.69 Å². The number of ether oxygens (including phenoxy) is 2. The van der Waals surface area contributed by atoms with Crippen LogP contribution in [0.15, 0.2) is 59.8 Å². The fourth-order valence-electron chi connectivity index (χ4n) is 2.56. The lowest BCUT2D eigenvalue weighted by molar-refractivity contribution is -0.137. The Morgan fingerprint density at radius 3 is 2.54 bits per heavy atom. The summed E-state index contributed by atoms with van der Waals surface area (Å²) in [6.07, 6.45) is 0.581. The molecule has 0 saturated heterocycles. The normalized spacial score (nSPS) is 10.6. The van der Waals surface area contributed by atoms with Crippen LogP contribution in [0.1, 0.15) is 11.4 Å². The molecule has 0 amide bonds. The second kappa shape index (κ2) is 9.91. The van der Waals surface area contributed by atoms with E-state index in [4.69, 9.17) is 15.2 Å². The van der Waals surface area contributed by atoms with Gasteiger partial charge in [-0.3, -0.25) is 9.36 Å². The molecule has 28 heavy (non-hydrogen) atoms. The largest absolute Gasteiger partial charge is 0.489 e. The summed E-state index contributed by atoms with van der Waals surface area (Å²) in [6, 6.07) is 17.7. The van der Waals surface area contributed by atoms with Crippen LogP contribution in [0.2, 0.25) is 0 Å². The third-order valence-corrected chi connectivity index (χ3v) is 4.86. The highest BCUT2D eigenvalue weighted by Crippen LogP contribution is 2.24. The molecule has 146 valence electrons. The van der Waals surface area contributed by atoms with Gasteiger partial charge in [-0.15, -0.1) is 10.2 Å². The zero-order valence-corrected chi connectivity index (χ0v) is 16.4. The Morgan fingerprint density at radius 2 is 1.86 bits per heavy atom. The first-order valence-electron chi connectivity index (χ1n) is 8.82. The van der Waals surface area contributed by atoms with Crippen molar-refractivity contribution in [1.29, 1.82) is 0 Å². The number of benzene rings is 2. The first-order valence-corrected chi connectivity index (χ1v) is 9.81. The Bertz CT molecular complexity index is 898. The molecule has 0 fully saturated rings. The Hall–Kier alpha value is -2.84. The van der Waals surface area contributed by atoms with E-state index in [2.05, 4.69) is 10.2 Å². The third-order valence-electron chi connectivity index (χ3n) is 3.96. The summed E-state index contributed by atoms with van der Waals surface area (Å²) in [6.45, 7) is 0.962. The van der Waals surface area contributed by atoms with Crippen LogP contribution >= 0.6 is 11.8 Å². The molecule has 3 rings (SSSR count). The maximum absolute atomic E-state index is 11.5. The van der Waals surface area contributed by atoms with Crippen LogP contribution < -0.4 is 10.5 Å². The van der Waals surface area contributed by atoms with Gasteiger partial charge in [-0.25, -0.2) is 0 Å². The second-order valence-corrected chi connectivity index (χ2v) is 6.85. The standard InChI is InChI=1S/C20H22N4O3S/c1-26-19(25)14-28-20-23-22-18(11-12-21)24(20)16-7-9-17(10-8-16)27-13-15-5-3-2-4-6-15/h2-10H,11-14,21H2,1H3. The van der Waals surface area contributed by atoms with Crippen LogP contribution in [-0.2, 0) is 22.6 Å². The van der Waals surface area contributed by atoms with Gasteiger partial charge in [0.05, 0.1) is 12.9 Å². The van der Waals surface area contributed by atoms with Gasteiger partial charge in [0.25, 0.3) is 0 Å². The summed E-state index contributed by atoms with van der Waals surface area (Å²) < 4.78 is 12.4. The molecular formula is C20H22N4O3S. The first kappa shape index (κ1) is 19.9. The Kier molecular flexibility index (Phi) is 7.05. The summed E-state index contributed by atoms with van der Waals surface area (Å²) in [5.74, 6) is 1.36. The van der Waals surface area contributed by atoms with E-state index in [1.807, 2.05) is 59.2 Å². The molecular weight excluding hydrogens is 376 g/mol. The van der Waals surface area contributed by atoms with E-state index in [0.29, 0.717) is 24.7 Å². The molecule has 2 aromatic carbocycles. The molecule has 0 spiro atoms. The van der Waals surface area contributed by atoms with Crippen molar-refractivity contribution in [1.82, 2.24) is 14.8 Å². The molecule has 0 radical (unpaired) electrons. The van der Waals surface area contributed by atoms with Gasteiger partial charge in [0.15, 0.2) is 5.16 Å². The minimum atomic E-state index is -0.315. The van der Waals surface area contributed by atoms with Crippen LogP contribution in [0, 0.1) is 0 Å². The van der Waals surface area contributed by atoms with E-state index in [1.54, 1.807) is 0 Å². The molecule has 0 aliphatic carbocycles. The van der Waals surface area contributed by atoms with Gasteiger partial charge >= 0.3 is 5.97 Å². The zero-order valence-electron chi connectivity index (χ0n) is 15.6. The summed E-state index contributed by atoms with van der Waals surface area (Å²) in [7, 11) is 1.36. The number of carbonyl (C=O) groups excluding carboxylic acids is 1. The van der Waals surface area contributed by atoms with Gasteiger partial charge in [0, 0.05) is 12.1 Å². The van der Waals surface area contributed by atoms with Crippen LogP contribution in [0.4, 0.5) is 0 Å². The molecule has 0 aliphatic rings. The number of esters is 1. The van der Waals surface area contributed by atoms with Crippen molar-refractivity contribution in [3.8, 4) is 11.4 Å². The van der Waals surface area contributed by atoms with E-state index in [9.17, 15) is 4.79 Å². The number of methoxy groups -OCH3 is 1. The van der Waals surface area contributed by atoms with Gasteiger partial charge in [0.1, 0.15) is 18.2 Å². The van der Waals surface area contributed by atoms with Crippen molar-refractivity contribution >= 4 is 17.7 Å². The highest BCUT2D eigenvalue weighted by molar-refractivity contribution is 7.99. The van der Waals surface area contributed by atoms with Crippen LogP contribution in [-0.4, -0.2) is 40.1 Å². The maximum Gasteiger partial charge on any atom is 0.316 e. The molecule has 1 heterocycles. The average Bonchev–Trinajstić information content (AvgIpc) is 3.14. The van der Waals surface area contributed by atoms with E-state index in [-0.39, 0.29) is 11.7 Å². The molecule has 3 aromatic rings. The number of hydrogen-bond donors (Lipinski definition) is 1. The van der Waals surface area contributed by atoms with E-state index in [1.165, 1.54) is 18.9 Å². The number of nitrogens with two attached hydrogens (primary N) is 1. The molecule has 8 heteroatoms. The van der Waals surface area contributed by atoms with Crippen molar-refractivity contribution in [2.45, 2.75) is 18.2 Å². The molecule has 0 unspecified atom stereocenters. The van der Waals surface area contributed by atoms with Crippen LogP contribution in [0.5, 0.6) is 5.75 Å². The number of hydrogen-bond acceptors (Lipinski definition) is 7. The predicted octanol–water partition coefficient (Wildman–Crippen LogP) is 2.61. The molecule has 2 N–H and O–H groups in total. The Morgan fingerprint density at radius 1 is 1.11 bits per heavy atom. The number of carbonyl (C=O) groups is 1. The lowest BCUT2D eigenvalue weighted by Crippen LogP contribution is -2.10. The lowest BCUT2D eigenvalue weighted by Gasteiger charge is -2.11. The molecule has 0 atom stereocenters. The zero-order chi connectivity index (χ0) is 19.8. The summed E-state index contributed by atoms with van der Waals surface area (Å²) in [4.78, 5) is 11.5. The highest BCUT2D eigenvalue weighted by Gasteiger charge is 2.15. The van der Waals surface area contributed by atoms with Gasteiger partial charge in [-0.1, -0.05) is 42.1 Å². The number of rotatable bonds is 9. The van der Waals surface area contributed by atoms with Crippen molar-refractivity contribution in [3.05, 3.63) is 66.0 Å². The summed E-state index contributed by atoms with van der Waals surface area (Å²) >= 11 is 1.28. The van der Waals surface area contributed by atoms with E-state index < -0.39 is 0 Å². The van der Waals surface area contributed by atoms with Crippen LogP contribution in [0.3, 0.4) is 0 Å². The van der Waals surface area contributed by atoms with Crippen molar-refractivity contribution in [2.24, 2.45) is 5.73 Å². The fourth-order valence-corrected chi connectivity index (χ4v) is 3.36. The van der Waals surface area contributed by atoms with Crippen molar-refractivity contribution in [3.63, 3.8) is 0 Å². The van der Waals surface area contributed by atoms with Gasteiger partial charge in [0.2, 0.25) is 0 Å². The Labute approximate surface area is 167 Å². The predicted molar refractivity (Wildman–Crippen MR) is 108 cm³/mol. The first-order chi connectivity index (χ1) is 13.7. The second-order valence-electron chi connectivity index (χ2n) is 5.91. The quantitative estimate of drug-likeness (QED) is 0.437. The number of nitrogens with zero attached hydrogens (tertiary/aromatic N) is 3. The van der Waals surface area contributed by atoms with Gasteiger partial charge in [-0.2, -0.15) is 0 Å². The highest BCUT2D eigenvalue weighted by atomic mass is 32.2. The number of thioether (sulfide) groups is 1. The number of aromatic nitrogens is 3. The van der Waals surface area contributed by atoms with Crippen molar-refractivity contribution < 1.29 is 14.3 Å². The SMILES string of the molecule is COC(=O)CSc1nnc(CCN)n1-c1ccc(OCc2ccccc2)cc1. The van der Waals surface area contributed by atoms with Gasteiger partial charge < -0.3 is 15.2 Å². The molecule has 0 saturated carbocycles. The molecule has 0 bridgehead atoms. The smallest absolute Gasteiger partial charge is 0.316 e. The minimum absolute atomic E-state index is 0.162. The molecule has 0 aliphatic heterocycles. The van der Waals surface area contributed by atoms with E-state index in [0.717, 1.165) is 22.8 Å². The lowest BCUT2D eigenvalue weighted by atomic mass is 10.2. The molecule has 1 aromatic heterocycles. The monoisotopic (exact) mass is 398 g/mol. The average molecular weight is 398 g/mol. The Balaban J connectivity index is 1.76. The fraction of sp³-hybridized carbons (Fsp3) is 0.250. The summed E-state index contributed by atoms with van der Waals surface area (Å²) in [5, 5.41) is 9.03. The van der Waals surface area contributed by atoms with Crippen molar-refractivity contribution in [2.75, 3.05) is 19.4 Å². The molecule has 7 nitrogen and oxygen atoms in total. The summed E-state index contributed by atoms with van der Waals surface area (Å²) in [5.41, 5.74) is 7.69. The van der Waals surface area contributed by atoms with E-state index >= 15 is 0 Å². The van der Waals surface area contributed by atoms with Gasteiger partial charge in [-0.05, 0) is 36.4 Å². The maximum atomic E-state index is 11.5. The third kappa shape index (κ3) is 5.11. The topological polar surface area (TPSA) is 92.3 Å². The minimum Gasteiger partial charge on any atom is -0.489 e.